The van der Waals surface area contributed by atoms with E-state index < -0.39 is 52.7 Å². The first-order valence-electron chi connectivity index (χ1n) is 21.0. The Balaban J connectivity index is 1.27. The normalized spacial score (nSPS) is 12.5. The van der Waals surface area contributed by atoms with Gasteiger partial charge in [0.25, 0.3) is 23.6 Å². The van der Waals surface area contributed by atoms with E-state index in [-0.39, 0.29) is 55.7 Å². The predicted octanol–water partition coefficient (Wildman–Crippen LogP) is 12.4. The molecule has 5 aromatic carbocycles. The molecule has 0 radical (unpaired) electrons. The molecule has 0 aliphatic rings. The van der Waals surface area contributed by atoms with Crippen molar-refractivity contribution in [1.29, 1.82) is 0 Å². The lowest BCUT2D eigenvalue weighted by Gasteiger charge is -2.17. The van der Waals surface area contributed by atoms with E-state index in [0.29, 0.717) is 52.8 Å². The summed E-state index contributed by atoms with van der Waals surface area (Å²) in [6, 6.07) is 19.7. The average molecular weight is 1040 g/mol. The van der Waals surface area contributed by atoms with Crippen LogP contribution in [0.5, 0.6) is 11.5 Å². The number of nitrogens with zero attached hydrogens (tertiary/aromatic N) is 4. The quantitative estimate of drug-likeness (QED) is 0.0314. The number of hydrogen-bond acceptors (Lipinski definition) is 12. The van der Waals surface area contributed by atoms with Gasteiger partial charge >= 0.3 is 0 Å². The molecule has 0 fully saturated rings. The molecular formula is C48H45Cl5N8O8. The van der Waals surface area contributed by atoms with Gasteiger partial charge in [-0.3, -0.25) is 28.8 Å². The second kappa shape index (κ2) is 25.3. The summed E-state index contributed by atoms with van der Waals surface area (Å²) < 4.78 is 11.0. The lowest BCUT2D eigenvalue weighted by molar-refractivity contribution is -0.127. The number of nitrogens with one attached hydrogen (secondary N) is 4. The van der Waals surface area contributed by atoms with Crippen molar-refractivity contribution >= 4 is 127 Å². The Labute approximate surface area is 422 Å². The van der Waals surface area contributed by atoms with Gasteiger partial charge in [0.05, 0.1) is 51.1 Å². The average Bonchev–Trinajstić information content (AvgIpc) is 3.31. The van der Waals surface area contributed by atoms with E-state index in [4.69, 9.17) is 67.5 Å². The largest absolute Gasteiger partial charge is 0.494 e. The summed E-state index contributed by atoms with van der Waals surface area (Å²) in [6.07, 6.45) is 0. The first kappa shape index (κ1) is 53.5. The van der Waals surface area contributed by atoms with Crippen molar-refractivity contribution in [3.8, 4) is 11.5 Å². The Morgan fingerprint density at radius 1 is 0.565 bits per heavy atom. The molecule has 0 bridgehead atoms. The Morgan fingerprint density at radius 3 is 1.41 bits per heavy atom. The summed E-state index contributed by atoms with van der Waals surface area (Å²) in [5, 5.41) is 26.4. The first-order valence-corrected chi connectivity index (χ1v) is 23.3. The van der Waals surface area contributed by atoms with E-state index in [1.165, 1.54) is 54.6 Å². The van der Waals surface area contributed by atoms with Crippen LogP contribution in [0, 0.1) is 0 Å². The van der Waals surface area contributed by atoms with Gasteiger partial charge < -0.3 is 30.7 Å². The molecule has 16 nitrogen and oxygen atoms in total. The number of rotatable bonds is 21. The lowest BCUT2D eigenvalue weighted by Crippen LogP contribution is -2.32. The smallest absolute Gasteiger partial charge is 0.258 e. The van der Waals surface area contributed by atoms with Crippen molar-refractivity contribution in [2.45, 2.75) is 63.8 Å². The van der Waals surface area contributed by atoms with Gasteiger partial charge in [-0.15, -0.1) is 34.8 Å². The third-order valence-electron chi connectivity index (χ3n) is 9.80. The monoisotopic (exact) mass is 1040 g/mol. The molecule has 360 valence electrons. The van der Waals surface area contributed by atoms with Gasteiger partial charge in [0.15, 0.2) is 11.6 Å². The SMILES string of the molecule is CCOc1ccc(NC(=O)c2cc(N=NC(C(C)=O)C(=O)Nc3ccc(NC(=O)C(N=Nc4ccc(Cl)c(C(=O)Nc5ccc(OCC)cc5CCl)c4)C(C)=O)c(C(C)Cl)c3)ccc2Cl)c(CCl)c1. The number of hydrogen-bond donors (Lipinski definition) is 4. The van der Waals surface area contributed by atoms with E-state index >= 15 is 0 Å². The molecule has 4 N–H and O–H groups in total. The van der Waals surface area contributed by atoms with Gasteiger partial charge in [0, 0.05) is 34.5 Å². The maximum Gasteiger partial charge on any atom is 0.258 e. The highest BCUT2D eigenvalue weighted by atomic mass is 35.5. The van der Waals surface area contributed by atoms with Crippen LogP contribution in [0.4, 0.5) is 34.1 Å². The van der Waals surface area contributed by atoms with Crippen LogP contribution >= 0.6 is 58.0 Å². The summed E-state index contributed by atoms with van der Waals surface area (Å²) in [4.78, 5) is 79.0. The number of carbonyl (C=O) groups is 6. The van der Waals surface area contributed by atoms with Gasteiger partial charge in [-0.25, -0.2) is 0 Å². The fourth-order valence-corrected chi connectivity index (χ4v) is 7.41. The summed E-state index contributed by atoms with van der Waals surface area (Å²) in [6.45, 7) is 8.53. The summed E-state index contributed by atoms with van der Waals surface area (Å²) >= 11 is 31.5. The zero-order chi connectivity index (χ0) is 50.4. The number of ether oxygens (including phenoxy) is 2. The van der Waals surface area contributed by atoms with Crippen molar-refractivity contribution in [2.75, 3.05) is 34.5 Å². The molecule has 0 aliphatic heterocycles. The van der Waals surface area contributed by atoms with Crippen LogP contribution in [-0.4, -0.2) is 60.5 Å². The number of Topliss-reactive ketones (excluding diaryl/α,β-unsaturated/α-hetero) is 2. The standard InChI is InChI=1S/C48H45Cl5N8O8/c1-6-68-33-11-16-40(28(18-33)23-49)55-45(64)36-21-31(8-13-38(36)52)58-60-43(26(4)62)47(66)54-30-10-15-42(35(20-30)25(3)51)57-48(67)44(27(5)63)61-59-32-9-14-39(53)37(22-32)46(65)56-41-17-12-34(69-7-2)19-29(41)24-50/h8-22,25,43-44H,6-7,23-24H2,1-5H3,(H,54,66)(H,55,64)(H,56,65)(H,57,67). The summed E-state index contributed by atoms with van der Waals surface area (Å²) in [5.74, 6) is -2.77. The molecule has 3 atom stereocenters. The lowest BCUT2D eigenvalue weighted by atomic mass is 10.1. The van der Waals surface area contributed by atoms with Crippen LogP contribution in [0.2, 0.25) is 10.0 Å². The Hall–Kier alpha value is -6.43. The van der Waals surface area contributed by atoms with Crippen molar-refractivity contribution in [2.24, 2.45) is 20.5 Å². The highest BCUT2D eigenvalue weighted by Crippen LogP contribution is 2.33. The van der Waals surface area contributed by atoms with Crippen LogP contribution < -0.4 is 30.7 Å². The second-order valence-corrected chi connectivity index (χ2v) is 16.9. The van der Waals surface area contributed by atoms with Crippen molar-refractivity contribution in [3.63, 3.8) is 0 Å². The van der Waals surface area contributed by atoms with Crippen LogP contribution in [0.15, 0.2) is 111 Å². The number of halogens is 5. The van der Waals surface area contributed by atoms with Gasteiger partial charge in [-0.05, 0) is 142 Å². The van der Waals surface area contributed by atoms with Crippen molar-refractivity contribution in [1.82, 2.24) is 0 Å². The third-order valence-corrected chi connectivity index (χ3v) is 11.3. The van der Waals surface area contributed by atoms with Gasteiger partial charge in [0.1, 0.15) is 11.5 Å². The first-order chi connectivity index (χ1) is 33.0. The fraction of sp³-hybridized carbons (Fsp3) is 0.250. The molecule has 0 spiro atoms. The summed E-state index contributed by atoms with van der Waals surface area (Å²) in [5.41, 5.74) is 3.14. The van der Waals surface area contributed by atoms with Crippen LogP contribution in [0.1, 0.15) is 77.4 Å². The molecule has 4 amide bonds. The molecule has 3 unspecified atom stereocenters. The highest BCUT2D eigenvalue weighted by Gasteiger charge is 2.27. The number of amides is 4. The number of carbonyl (C=O) groups excluding carboxylic acids is 6. The van der Waals surface area contributed by atoms with E-state index in [1.807, 2.05) is 13.8 Å². The second-order valence-electron chi connectivity index (χ2n) is 14.9. The number of alkyl halides is 3. The van der Waals surface area contributed by atoms with Crippen molar-refractivity contribution in [3.05, 3.63) is 129 Å². The third kappa shape index (κ3) is 14.5. The Kier molecular flexibility index (Phi) is 19.6. The molecule has 5 aromatic rings. The maximum atomic E-state index is 13.5. The van der Waals surface area contributed by atoms with E-state index in [2.05, 4.69) is 41.7 Å². The van der Waals surface area contributed by atoms with Crippen molar-refractivity contribution < 1.29 is 38.2 Å². The molecule has 21 heteroatoms. The molecule has 5 rings (SSSR count). The van der Waals surface area contributed by atoms with Crippen LogP contribution in [0.3, 0.4) is 0 Å². The van der Waals surface area contributed by atoms with Crippen LogP contribution in [-0.2, 0) is 30.9 Å². The van der Waals surface area contributed by atoms with Gasteiger partial charge in [-0.1, -0.05) is 23.2 Å². The number of benzene rings is 5. The van der Waals surface area contributed by atoms with E-state index in [9.17, 15) is 28.8 Å². The molecular weight excluding hydrogens is 994 g/mol. The van der Waals surface area contributed by atoms with E-state index in [1.54, 1.807) is 43.3 Å². The minimum absolute atomic E-state index is 0.0392. The predicted molar refractivity (Wildman–Crippen MR) is 269 cm³/mol. The number of anilines is 4. The van der Waals surface area contributed by atoms with Crippen LogP contribution in [0.25, 0.3) is 0 Å². The molecule has 0 saturated heterocycles. The topological polar surface area (TPSA) is 218 Å². The zero-order valence-corrected chi connectivity index (χ0v) is 41.4. The number of ketones is 2. The zero-order valence-electron chi connectivity index (χ0n) is 37.7. The minimum Gasteiger partial charge on any atom is -0.494 e. The Bertz CT molecular complexity index is 2820. The molecule has 0 aliphatic carbocycles. The van der Waals surface area contributed by atoms with Gasteiger partial charge in [0.2, 0.25) is 12.1 Å². The van der Waals surface area contributed by atoms with Gasteiger partial charge in [-0.2, -0.15) is 20.5 Å². The molecule has 0 saturated carbocycles. The Morgan fingerprint density at radius 2 is 1.00 bits per heavy atom. The summed E-state index contributed by atoms with van der Waals surface area (Å²) in [7, 11) is 0. The molecule has 69 heavy (non-hydrogen) atoms. The fourth-order valence-electron chi connectivity index (χ4n) is 6.38. The minimum atomic E-state index is -1.62. The maximum absolute atomic E-state index is 13.5. The highest BCUT2D eigenvalue weighted by molar-refractivity contribution is 6.35. The molecule has 0 aromatic heterocycles. The molecule has 0 heterocycles. The number of azo groups is 2. The van der Waals surface area contributed by atoms with E-state index in [0.717, 1.165) is 13.8 Å².